The molecular formula is C8H14N2O2. The molecule has 12 heavy (non-hydrogen) atoms. The molecule has 1 amide bonds. The average molecular weight is 170 g/mol. The van der Waals surface area contributed by atoms with Gasteiger partial charge in [0, 0.05) is 0 Å². The van der Waals surface area contributed by atoms with Crippen molar-refractivity contribution in [3.05, 3.63) is 0 Å². The van der Waals surface area contributed by atoms with E-state index in [1.807, 2.05) is 4.90 Å². The molecule has 1 heterocycles. The van der Waals surface area contributed by atoms with Crippen LogP contribution in [0.3, 0.4) is 0 Å². The topological polar surface area (TPSA) is 63.4 Å². The van der Waals surface area contributed by atoms with Crippen molar-refractivity contribution in [3.8, 4) is 0 Å². The number of hydrogen-bond acceptors (Lipinski definition) is 3. The van der Waals surface area contributed by atoms with Gasteiger partial charge in [-0.2, -0.15) is 0 Å². The molecule has 1 aliphatic rings. The molecule has 1 atom stereocenters. The summed E-state index contributed by atoms with van der Waals surface area (Å²) in [6.45, 7) is 2.69. The molecule has 0 aliphatic carbocycles. The van der Waals surface area contributed by atoms with Gasteiger partial charge in [0.25, 0.3) is 0 Å². The summed E-state index contributed by atoms with van der Waals surface area (Å²) in [7, 11) is 0. The van der Waals surface area contributed by atoms with Gasteiger partial charge in [0.2, 0.25) is 5.91 Å². The van der Waals surface area contributed by atoms with Gasteiger partial charge in [0.1, 0.15) is 5.78 Å². The average Bonchev–Trinajstić information content (AvgIpc) is 2.33. The second kappa shape index (κ2) is 3.67. The zero-order chi connectivity index (χ0) is 9.14. The summed E-state index contributed by atoms with van der Waals surface area (Å²) in [5.41, 5.74) is 5.17. The fraction of sp³-hybridized carbons (Fsp3) is 0.750. The van der Waals surface area contributed by atoms with E-state index in [0.717, 1.165) is 19.4 Å². The summed E-state index contributed by atoms with van der Waals surface area (Å²) in [4.78, 5) is 23.5. The maximum atomic E-state index is 10.9. The van der Waals surface area contributed by atoms with Gasteiger partial charge < -0.3 is 5.73 Å². The van der Waals surface area contributed by atoms with Crippen molar-refractivity contribution in [2.45, 2.75) is 25.8 Å². The largest absolute Gasteiger partial charge is 0.368 e. The van der Waals surface area contributed by atoms with Crippen LogP contribution in [-0.2, 0) is 9.59 Å². The van der Waals surface area contributed by atoms with Crippen LogP contribution < -0.4 is 5.73 Å². The summed E-state index contributed by atoms with van der Waals surface area (Å²) < 4.78 is 0. The van der Waals surface area contributed by atoms with Gasteiger partial charge >= 0.3 is 0 Å². The zero-order valence-corrected chi connectivity index (χ0v) is 7.25. The van der Waals surface area contributed by atoms with Crippen molar-refractivity contribution in [3.63, 3.8) is 0 Å². The van der Waals surface area contributed by atoms with Gasteiger partial charge in [-0.05, 0) is 26.3 Å². The number of amides is 1. The molecular weight excluding hydrogens is 156 g/mol. The number of carbonyl (C=O) groups is 2. The first-order valence-corrected chi connectivity index (χ1v) is 4.14. The third kappa shape index (κ3) is 2.04. The zero-order valence-electron chi connectivity index (χ0n) is 7.25. The van der Waals surface area contributed by atoms with Gasteiger partial charge in [-0.3, -0.25) is 14.5 Å². The molecule has 1 rings (SSSR count). The Morgan fingerprint density at radius 2 is 2.25 bits per heavy atom. The van der Waals surface area contributed by atoms with E-state index in [2.05, 4.69) is 0 Å². The van der Waals surface area contributed by atoms with Crippen LogP contribution in [0.1, 0.15) is 19.8 Å². The van der Waals surface area contributed by atoms with E-state index in [0.29, 0.717) is 6.54 Å². The third-order valence-electron chi connectivity index (χ3n) is 2.12. The third-order valence-corrected chi connectivity index (χ3v) is 2.12. The van der Waals surface area contributed by atoms with Crippen LogP contribution in [0, 0.1) is 0 Å². The number of likely N-dealkylation sites (tertiary alicyclic amines) is 1. The molecule has 0 spiro atoms. The molecule has 68 valence electrons. The number of hydrogen-bond donors (Lipinski definition) is 1. The molecule has 1 saturated heterocycles. The Balaban J connectivity index is 2.52. The summed E-state index contributed by atoms with van der Waals surface area (Å²) in [6, 6.07) is -0.214. The molecule has 0 radical (unpaired) electrons. The van der Waals surface area contributed by atoms with Crippen LogP contribution in [-0.4, -0.2) is 35.7 Å². The van der Waals surface area contributed by atoms with Gasteiger partial charge in [0.05, 0.1) is 12.6 Å². The van der Waals surface area contributed by atoms with Crippen molar-refractivity contribution < 1.29 is 9.59 Å². The lowest BCUT2D eigenvalue weighted by Gasteiger charge is -2.19. The minimum absolute atomic E-state index is 0.0863. The predicted octanol–water partition coefficient (Wildman–Crippen LogP) is -0.475. The van der Waals surface area contributed by atoms with Crippen molar-refractivity contribution in [2.24, 2.45) is 5.73 Å². The maximum Gasteiger partial charge on any atom is 0.234 e. The molecule has 0 saturated carbocycles. The van der Waals surface area contributed by atoms with Crippen LogP contribution in [0.25, 0.3) is 0 Å². The molecule has 0 aromatic carbocycles. The van der Waals surface area contributed by atoms with Gasteiger partial charge in [0.15, 0.2) is 0 Å². The highest BCUT2D eigenvalue weighted by Crippen LogP contribution is 2.15. The number of nitrogens with zero attached hydrogens (tertiary/aromatic N) is 1. The van der Waals surface area contributed by atoms with Crippen molar-refractivity contribution in [1.82, 2.24) is 4.90 Å². The van der Waals surface area contributed by atoms with E-state index in [4.69, 9.17) is 5.73 Å². The van der Waals surface area contributed by atoms with Crippen molar-refractivity contribution in [2.75, 3.05) is 13.1 Å². The molecule has 2 N–H and O–H groups in total. The van der Waals surface area contributed by atoms with Crippen molar-refractivity contribution in [1.29, 1.82) is 0 Å². The van der Waals surface area contributed by atoms with E-state index < -0.39 is 0 Å². The Bertz CT molecular complexity index is 203. The molecule has 1 unspecified atom stereocenters. The fourth-order valence-electron chi connectivity index (χ4n) is 1.62. The Morgan fingerprint density at radius 1 is 1.58 bits per heavy atom. The molecule has 0 bridgehead atoms. The molecule has 4 nitrogen and oxygen atoms in total. The number of carbonyl (C=O) groups excluding carboxylic acids is 2. The van der Waals surface area contributed by atoms with Crippen molar-refractivity contribution >= 4 is 11.7 Å². The lowest BCUT2D eigenvalue weighted by atomic mass is 10.2. The van der Waals surface area contributed by atoms with Crippen LogP contribution in [0.4, 0.5) is 0 Å². The molecule has 1 aliphatic heterocycles. The normalized spacial score (nSPS) is 24.2. The lowest BCUT2D eigenvalue weighted by Crippen LogP contribution is -2.42. The Morgan fingerprint density at radius 3 is 2.75 bits per heavy atom. The quantitative estimate of drug-likeness (QED) is 0.622. The first-order valence-electron chi connectivity index (χ1n) is 4.14. The summed E-state index contributed by atoms with van der Waals surface area (Å²) in [5.74, 6) is -0.225. The lowest BCUT2D eigenvalue weighted by molar-refractivity contribution is -0.124. The number of nitrogens with two attached hydrogens (primary N) is 1. The predicted molar refractivity (Wildman–Crippen MR) is 44.5 cm³/mol. The van der Waals surface area contributed by atoms with Crippen LogP contribution in [0.2, 0.25) is 0 Å². The monoisotopic (exact) mass is 170 g/mol. The first-order chi connectivity index (χ1) is 5.61. The van der Waals surface area contributed by atoms with Gasteiger partial charge in [-0.25, -0.2) is 0 Å². The molecule has 4 heteroatoms. The summed E-state index contributed by atoms with van der Waals surface area (Å²) >= 11 is 0. The van der Waals surface area contributed by atoms with E-state index in [1.165, 1.54) is 6.92 Å². The molecule has 0 aromatic rings. The summed E-state index contributed by atoms with van der Waals surface area (Å²) in [5, 5.41) is 0. The second-order valence-corrected chi connectivity index (χ2v) is 3.23. The Hall–Kier alpha value is -0.900. The number of rotatable bonds is 3. The fourth-order valence-corrected chi connectivity index (χ4v) is 1.62. The Labute approximate surface area is 71.7 Å². The minimum Gasteiger partial charge on any atom is -0.368 e. The number of primary amides is 1. The van der Waals surface area contributed by atoms with Gasteiger partial charge in [-0.1, -0.05) is 0 Å². The van der Waals surface area contributed by atoms with Crippen LogP contribution in [0.5, 0.6) is 0 Å². The molecule has 1 fully saturated rings. The SMILES string of the molecule is CC(=O)CN1CCCC1C(N)=O. The van der Waals surface area contributed by atoms with Gasteiger partial charge in [-0.15, -0.1) is 0 Å². The van der Waals surface area contributed by atoms with E-state index >= 15 is 0 Å². The van der Waals surface area contributed by atoms with E-state index in [9.17, 15) is 9.59 Å². The second-order valence-electron chi connectivity index (χ2n) is 3.23. The minimum atomic E-state index is -0.311. The number of ketones is 1. The highest BCUT2D eigenvalue weighted by molar-refractivity contribution is 5.82. The molecule has 0 aromatic heterocycles. The maximum absolute atomic E-state index is 10.9. The van der Waals surface area contributed by atoms with Crippen LogP contribution >= 0.6 is 0 Å². The highest BCUT2D eigenvalue weighted by atomic mass is 16.1. The number of Topliss-reactive ketones (excluding diaryl/α,β-unsaturated/α-hetero) is 1. The van der Waals surface area contributed by atoms with E-state index in [-0.39, 0.29) is 17.7 Å². The standard InChI is InChI=1S/C8H14N2O2/c1-6(11)5-10-4-2-3-7(10)8(9)12/h7H,2-5H2,1H3,(H2,9,12). The highest BCUT2D eigenvalue weighted by Gasteiger charge is 2.29. The Kier molecular flexibility index (Phi) is 2.81. The first kappa shape index (κ1) is 9.19. The van der Waals surface area contributed by atoms with Crippen LogP contribution in [0.15, 0.2) is 0 Å². The summed E-state index contributed by atoms with van der Waals surface area (Å²) in [6.07, 6.45) is 1.75. The smallest absolute Gasteiger partial charge is 0.234 e. The van der Waals surface area contributed by atoms with E-state index in [1.54, 1.807) is 0 Å².